The molecule has 4 nitrogen and oxygen atoms in total. The van der Waals surface area contributed by atoms with Gasteiger partial charge in [-0.2, -0.15) is 0 Å². The van der Waals surface area contributed by atoms with Crippen molar-refractivity contribution in [1.82, 2.24) is 4.98 Å². The molecule has 0 spiro atoms. The van der Waals surface area contributed by atoms with E-state index in [4.69, 9.17) is 4.74 Å². The average Bonchev–Trinajstić information content (AvgIpc) is 3.11. The minimum Gasteiger partial charge on any atom is -0.497 e. The highest BCUT2D eigenvalue weighted by molar-refractivity contribution is 7.09. The first kappa shape index (κ1) is 17.2. The monoisotopic (exact) mass is 352 g/mol. The van der Waals surface area contributed by atoms with Crippen LogP contribution in [-0.4, -0.2) is 18.0 Å². The van der Waals surface area contributed by atoms with Crippen LogP contribution in [0.5, 0.6) is 5.75 Å². The molecule has 0 saturated carbocycles. The number of carbonyl (C=O) groups excluding carboxylic acids is 1. The van der Waals surface area contributed by atoms with Gasteiger partial charge >= 0.3 is 0 Å². The Bertz CT molecular complexity index is 856. The first-order valence-corrected chi connectivity index (χ1v) is 8.98. The summed E-state index contributed by atoms with van der Waals surface area (Å²) in [5.74, 6) is 0.836. The van der Waals surface area contributed by atoms with Crippen LogP contribution in [0.3, 0.4) is 0 Å². The van der Waals surface area contributed by atoms with Gasteiger partial charge < -0.3 is 10.1 Å². The van der Waals surface area contributed by atoms with Crippen LogP contribution in [0.25, 0.3) is 11.3 Å². The SMILES string of the molecule is COc1ccc(-c2csc(CCC(=O)Nc3ccccc3C)n2)cc1. The van der Waals surface area contributed by atoms with Crippen molar-refractivity contribution in [2.75, 3.05) is 12.4 Å². The maximum absolute atomic E-state index is 12.1. The second kappa shape index (κ2) is 7.94. The number of nitrogens with zero attached hydrogens (tertiary/aromatic N) is 1. The lowest BCUT2D eigenvalue weighted by atomic mass is 10.2. The molecular formula is C20H20N2O2S. The molecule has 0 radical (unpaired) electrons. The van der Waals surface area contributed by atoms with Gasteiger partial charge in [0.15, 0.2) is 0 Å². The number of amides is 1. The van der Waals surface area contributed by atoms with E-state index in [0.717, 1.165) is 33.3 Å². The molecule has 3 rings (SSSR count). The lowest BCUT2D eigenvalue weighted by Gasteiger charge is -2.07. The number of thiazole rings is 1. The van der Waals surface area contributed by atoms with E-state index in [0.29, 0.717) is 12.8 Å². The molecule has 0 aliphatic carbocycles. The number of methoxy groups -OCH3 is 1. The van der Waals surface area contributed by atoms with Gasteiger partial charge in [0.2, 0.25) is 5.91 Å². The van der Waals surface area contributed by atoms with Crippen LogP contribution in [0.15, 0.2) is 53.9 Å². The number of rotatable bonds is 6. The fraction of sp³-hybridized carbons (Fsp3) is 0.200. The van der Waals surface area contributed by atoms with Crippen molar-refractivity contribution in [2.45, 2.75) is 19.8 Å². The molecule has 0 bridgehead atoms. The summed E-state index contributed by atoms with van der Waals surface area (Å²) < 4.78 is 5.17. The van der Waals surface area contributed by atoms with Crippen LogP contribution in [0.4, 0.5) is 5.69 Å². The summed E-state index contributed by atoms with van der Waals surface area (Å²) in [6.45, 7) is 1.98. The minimum absolute atomic E-state index is 0.00972. The van der Waals surface area contributed by atoms with Crippen molar-refractivity contribution < 1.29 is 9.53 Å². The Balaban J connectivity index is 1.58. The molecule has 25 heavy (non-hydrogen) atoms. The number of benzene rings is 2. The number of hydrogen-bond donors (Lipinski definition) is 1. The van der Waals surface area contributed by atoms with E-state index < -0.39 is 0 Å². The van der Waals surface area contributed by atoms with Gasteiger partial charge in [-0.15, -0.1) is 11.3 Å². The Morgan fingerprint density at radius 3 is 2.64 bits per heavy atom. The second-order valence-corrected chi connectivity index (χ2v) is 6.66. The molecule has 0 unspecified atom stereocenters. The molecule has 0 aliphatic heterocycles. The molecule has 2 aromatic carbocycles. The summed E-state index contributed by atoms with van der Waals surface area (Å²) in [7, 11) is 1.65. The van der Waals surface area contributed by atoms with Gasteiger partial charge in [-0.05, 0) is 42.8 Å². The fourth-order valence-electron chi connectivity index (χ4n) is 2.47. The van der Waals surface area contributed by atoms with E-state index in [-0.39, 0.29) is 5.91 Å². The van der Waals surface area contributed by atoms with Crippen LogP contribution < -0.4 is 10.1 Å². The maximum Gasteiger partial charge on any atom is 0.224 e. The summed E-state index contributed by atoms with van der Waals surface area (Å²) in [6, 6.07) is 15.6. The highest BCUT2D eigenvalue weighted by atomic mass is 32.1. The molecule has 128 valence electrons. The lowest BCUT2D eigenvalue weighted by molar-refractivity contribution is -0.116. The van der Waals surface area contributed by atoms with E-state index in [2.05, 4.69) is 10.3 Å². The van der Waals surface area contributed by atoms with E-state index in [1.54, 1.807) is 18.4 Å². The van der Waals surface area contributed by atoms with Gasteiger partial charge in [0.05, 0.1) is 17.8 Å². The van der Waals surface area contributed by atoms with Crippen molar-refractivity contribution in [2.24, 2.45) is 0 Å². The normalized spacial score (nSPS) is 10.5. The van der Waals surface area contributed by atoms with Crippen molar-refractivity contribution in [3.05, 3.63) is 64.5 Å². The Hall–Kier alpha value is -2.66. The average molecular weight is 352 g/mol. The highest BCUT2D eigenvalue weighted by Gasteiger charge is 2.09. The summed E-state index contributed by atoms with van der Waals surface area (Å²) in [5.41, 5.74) is 3.91. The molecule has 5 heteroatoms. The summed E-state index contributed by atoms with van der Waals surface area (Å²) in [5, 5.41) is 5.94. The Kier molecular flexibility index (Phi) is 5.46. The van der Waals surface area contributed by atoms with E-state index in [1.165, 1.54) is 0 Å². The summed E-state index contributed by atoms with van der Waals surface area (Å²) >= 11 is 1.58. The van der Waals surface area contributed by atoms with Gasteiger partial charge in [0.25, 0.3) is 0 Å². The molecule has 3 aromatic rings. The van der Waals surface area contributed by atoms with Gasteiger partial charge in [-0.25, -0.2) is 4.98 Å². The van der Waals surface area contributed by atoms with Crippen LogP contribution in [0.1, 0.15) is 17.0 Å². The highest BCUT2D eigenvalue weighted by Crippen LogP contribution is 2.24. The molecule has 0 aliphatic rings. The molecule has 0 fully saturated rings. The van der Waals surface area contributed by atoms with Crippen LogP contribution in [0, 0.1) is 6.92 Å². The third-order valence-corrected chi connectivity index (χ3v) is 4.83. The molecule has 1 aromatic heterocycles. The zero-order valence-corrected chi connectivity index (χ0v) is 15.1. The first-order chi connectivity index (χ1) is 12.2. The fourth-order valence-corrected chi connectivity index (χ4v) is 3.27. The molecule has 0 saturated heterocycles. The minimum atomic E-state index is 0.00972. The summed E-state index contributed by atoms with van der Waals surface area (Å²) in [6.07, 6.45) is 1.06. The van der Waals surface area contributed by atoms with Gasteiger partial charge in [0, 0.05) is 29.5 Å². The van der Waals surface area contributed by atoms with E-state index in [9.17, 15) is 4.79 Å². The van der Waals surface area contributed by atoms with Crippen molar-refractivity contribution >= 4 is 22.9 Å². The number of aromatic nitrogens is 1. The Labute approximate surface area is 151 Å². The van der Waals surface area contributed by atoms with Gasteiger partial charge in [-0.3, -0.25) is 4.79 Å². The van der Waals surface area contributed by atoms with Crippen molar-refractivity contribution in [3.8, 4) is 17.0 Å². The van der Waals surface area contributed by atoms with Gasteiger partial charge in [0.1, 0.15) is 5.75 Å². The number of carbonyl (C=O) groups is 1. The number of para-hydroxylation sites is 1. The largest absolute Gasteiger partial charge is 0.497 e. The number of anilines is 1. The van der Waals surface area contributed by atoms with Crippen LogP contribution >= 0.6 is 11.3 Å². The number of aryl methyl sites for hydroxylation is 2. The van der Waals surface area contributed by atoms with E-state index >= 15 is 0 Å². The van der Waals surface area contributed by atoms with Crippen molar-refractivity contribution in [3.63, 3.8) is 0 Å². The van der Waals surface area contributed by atoms with Crippen LogP contribution in [-0.2, 0) is 11.2 Å². The molecular weight excluding hydrogens is 332 g/mol. The molecule has 1 heterocycles. The molecule has 0 atom stereocenters. The smallest absolute Gasteiger partial charge is 0.224 e. The Morgan fingerprint density at radius 2 is 1.92 bits per heavy atom. The molecule has 1 amide bonds. The first-order valence-electron chi connectivity index (χ1n) is 8.10. The predicted octanol–water partition coefficient (Wildman–Crippen LogP) is 4.70. The number of hydrogen-bond acceptors (Lipinski definition) is 4. The van der Waals surface area contributed by atoms with Crippen molar-refractivity contribution in [1.29, 1.82) is 0 Å². The number of ether oxygens (including phenoxy) is 1. The summed E-state index contributed by atoms with van der Waals surface area (Å²) in [4.78, 5) is 16.8. The standard InChI is InChI=1S/C20H20N2O2S/c1-14-5-3-4-6-17(14)21-19(23)11-12-20-22-18(13-25-20)15-7-9-16(24-2)10-8-15/h3-10,13H,11-12H2,1-2H3,(H,21,23). The quantitative estimate of drug-likeness (QED) is 0.700. The topological polar surface area (TPSA) is 51.2 Å². The molecule has 1 N–H and O–H groups in total. The lowest BCUT2D eigenvalue weighted by Crippen LogP contribution is -2.13. The third-order valence-electron chi connectivity index (χ3n) is 3.92. The maximum atomic E-state index is 12.1. The number of nitrogens with one attached hydrogen (secondary N) is 1. The zero-order valence-electron chi connectivity index (χ0n) is 14.3. The third kappa shape index (κ3) is 4.45. The Morgan fingerprint density at radius 1 is 1.16 bits per heavy atom. The van der Waals surface area contributed by atoms with E-state index in [1.807, 2.05) is 60.8 Å². The van der Waals surface area contributed by atoms with Crippen LogP contribution in [0.2, 0.25) is 0 Å². The second-order valence-electron chi connectivity index (χ2n) is 5.72. The predicted molar refractivity (Wildman–Crippen MR) is 102 cm³/mol. The van der Waals surface area contributed by atoms with Gasteiger partial charge in [-0.1, -0.05) is 18.2 Å². The zero-order chi connectivity index (χ0) is 17.6.